The molecule has 4 nitrogen and oxygen atoms in total. The standard InChI is InChI=1S/C18H20O4/c1-11(19)7-15-9-13-8-14(20-2)10-16(21-3)17(13)18(22-15)12-5-4-6-12/h8-10H,4-7H2,1-3H3. The van der Waals surface area contributed by atoms with Crippen molar-refractivity contribution in [1.82, 2.24) is 0 Å². The lowest BCUT2D eigenvalue weighted by Crippen LogP contribution is -2.11. The van der Waals surface area contributed by atoms with E-state index in [-0.39, 0.29) is 5.78 Å². The Balaban J connectivity index is 2.16. The van der Waals surface area contributed by atoms with Crippen molar-refractivity contribution in [2.45, 2.75) is 32.6 Å². The third-order valence-electron chi connectivity index (χ3n) is 4.04. The molecular formula is C18H20O4. The monoisotopic (exact) mass is 300 g/mol. The molecule has 1 saturated carbocycles. The molecule has 22 heavy (non-hydrogen) atoms. The van der Waals surface area contributed by atoms with E-state index >= 15 is 0 Å². The van der Waals surface area contributed by atoms with Gasteiger partial charge < -0.3 is 14.2 Å². The fraction of sp³-hybridized carbons (Fsp3) is 0.389. The van der Waals surface area contributed by atoms with Crippen molar-refractivity contribution >= 4 is 17.6 Å². The number of hydrogen-bond acceptors (Lipinski definition) is 4. The lowest BCUT2D eigenvalue weighted by Gasteiger charge is -2.28. The van der Waals surface area contributed by atoms with E-state index in [9.17, 15) is 4.79 Å². The number of hydrogen-bond donors (Lipinski definition) is 0. The summed E-state index contributed by atoms with van der Waals surface area (Å²) in [7, 11) is 3.28. The lowest BCUT2D eigenvalue weighted by atomic mass is 9.87. The topological polar surface area (TPSA) is 44.8 Å². The first-order valence-electron chi connectivity index (χ1n) is 7.48. The molecule has 3 rings (SSSR count). The van der Waals surface area contributed by atoms with Gasteiger partial charge in [0.05, 0.1) is 26.2 Å². The van der Waals surface area contributed by atoms with E-state index in [0.717, 1.165) is 41.2 Å². The molecule has 0 bridgehead atoms. The summed E-state index contributed by atoms with van der Waals surface area (Å²) in [6.45, 7) is 1.57. The SMILES string of the molecule is COc1cc2c(c(OC)c1)C(=C1CCC1)OC(CC(C)=O)=C2. The van der Waals surface area contributed by atoms with E-state index in [1.165, 1.54) is 12.0 Å². The molecule has 0 spiro atoms. The van der Waals surface area contributed by atoms with Crippen LogP contribution in [0.2, 0.25) is 0 Å². The van der Waals surface area contributed by atoms with Crippen molar-refractivity contribution in [2.75, 3.05) is 14.2 Å². The summed E-state index contributed by atoms with van der Waals surface area (Å²) in [4.78, 5) is 11.4. The van der Waals surface area contributed by atoms with Gasteiger partial charge in [-0.1, -0.05) is 0 Å². The molecule has 1 aliphatic heterocycles. The highest BCUT2D eigenvalue weighted by atomic mass is 16.5. The first-order valence-corrected chi connectivity index (χ1v) is 7.48. The quantitative estimate of drug-likeness (QED) is 0.844. The van der Waals surface area contributed by atoms with Crippen LogP contribution in [0, 0.1) is 0 Å². The largest absolute Gasteiger partial charge is 0.497 e. The van der Waals surface area contributed by atoms with Gasteiger partial charge >= 0.3 is 0 Å². The smallest absolute Gasteiger partial charge is 0.137 e. The zero-order chi connectivity index (χ0) is 15.7. The van der Waals surface area contributed by atoms with Crippen LogP contribution in [0.15, 0.2) is 23.5 Å². The highest BCUT2D eigenvalue weighted by molar-refractivity contribution is 5.85. The van der Waals surface area contributed by atoms with E-state index in [4.69, 9.17) is 14.2 Å². The van der Waals surface area contributed by atoms with Crippen LogP contribution in [0.3, 0.4) is 0 Å². The van der Waals surface area contributed by atoms with Crippen LogP contribution >= 0.6 is 0 Å². The summed E-state index contributed by atoms with van der Waals surface area (Å²) in [6.07, 6.45) is 5.47. The Hall–Kier alpha value is -2.23. The van der Waals surface area contributed by atoms with E-state index in [0.29, 0.717) is 12.2 Å². The normalized spacial score (nSPS) is 16.2. The number of benzene rings is 1. The number of carbonyl (C=O) groups excluding carboxylic acids is 1. The predicted octanol–water partition coefficient (Wildman–Crippen LogP) is 3.95. The number of ether oxygens (including phenoxy) is 3. The van der Waals surface area contributed by atoms with Crippen LogP contribution in [-0.4, -0.2) is 20.0 Å². The number of methoxy groups -OCH3 is 2. The summed E-state index contributed by atoms with van der Waals surface area (Å²) >= 11 is 0. The van der Waals surface area contributed by atoms with Gasteiger partial charge in [0, 0.05) is 6.07 Å². The molecule has 0 aromatic heterocycles. The Morgan fingerprint density at radius 2 is 2.00 bits per heavy atom. The molecule has 1 aromatic rings. The minimum atomic E-state index is 0.0857. The van der Waals surface area contributed by atoms with Gasteiger partial charge in [0.25, 0.3) is 0 Å². The Labute approximate surface area is 130 Å². The van der Waals surface area contributed by atoms with E-state index in [2.05, 4.69) is 0 Å². The molecule has 1 aromatic carbocycles. The number of rotatable bonds is 4. The number of fused-ring (bicyclic) bond motifs is 1. The third kappa shape index (κ3) is 2.61. The molecular weight excluding hydrogens is 280 g/mol. The lowest BCUT2D eigenvalue weighted by molar-refractivity contribution is -0.116. The van der Waals surface area contributed by atoms with Crippen molar-refractivity contribution in [3.63, 3.8) is 0 Å². The molecule has 4 heteroatoms. The number of carbonyl (C=O) groups is 1. The third-order valence-corrected chi connectivity index (χ3v) is 4.04. The average Bonchev–Trinajstić information content (AvgIpc) is 2.43. The fourth-order valence-corrected chi connectivity index (χ4v) is 2.79. The Morgan fingerprint density at radius 1 is 1.23 bits per heavy atom. The van der Waals surface area contributed by atoms with E-state index in [1.54, 1.807) is 21.1 Å². The summed E-state index contributed by atoms with van der Waals surface area (Å²) in [5.41, 5.74) is 3.23. The van der Waals surface area contributed by atoms with Gasteiger partial charge in [0.2, 0.25) is 0 Å². The molecule has 0 atom stereocenters. The molecule has 0 amide bonds. The van der Waals surface area contributed by atoms with Crippen LogP contribution in [0.25, 0.3) is 11.8 Å². The maximum Gasteiger partial charge on any atom is 0.137 e. The molecule has 1 fully saturated rings. The van der Waals surface area contributed by atoms with E-state index in [1.807, 2.05) is 18.2 Å². The highest BCUT2D eigenvalue weighted by Gasteiger charge is 2.28. The van der Waals surface area contributed by atoms with Crippen LogP contribution < -0.4 is 9.47 Å². The van der Waals surface area contributed by atoms with Gasteiger partial charge in [-0.2, -0.15) is 0 Å². The maximum atomic E-state index is 11.4. The molecule has 1 aliphatic carbocycles. The van der Waals surface area contributed by atoms with Crippen molar-refractivity contribution in [3.05, 3.63) is 34.6 Å². The van der Waals surface area contributed by atoms with E-state index < -0.39 is 0 Å². The zero-order valence-electron chi connectivity index (χ0n) is 13.2. The molecule has 116 valence electrons. The van der Waals surface area contributed by atoms with Gasteiger partial charge in [-0.05, 0) is 49.5 Å². The second kappa shape index (κ2) is 5.87. The molecule has 0 radical (unpaired) electrons. The summed E-state index contributed by atoms with van der Waals surface area (Å²) in [5, 5.41) is 0. The fourth-order valence-electron chi connectivity index (χ4n) is 2.79. The van der Waals surface area contributed by atoms with Gasteiger partial charge in [0.15, 0.2) is 0 Å². The van der Waals surface area contributed by atoms with Crippen molar-refractivity contribution in [2.24, 2.45) is 0 Å². The van der Waals surface area contributed by atoms with Gasteiger partial charge in [-0.3, -0.25) is 4.79 Å². The second-order valence-electron chi connectivity index (χ2n) is 5.67. The maximum absolute atomic E-state index is 11.4. The average molecular weight is 300 g/mol. The predicted molar refractivity (Wildman–Crippen MR) is 84.7 cm³/mol. The Kier molecular flexibility index (Phi) is 3.92. The summed E-state index contributed by atoms with van der Waals surface area (Å²) < 4.78 is 16.9. The first-order chi connectivity index (χ1) is 10.6. The zero-order valence-corrected chi connectivity index (χ0v) is 13.2. The summed E-state index contributed by atoms with van der Waals surface area (Å²) in [6, 6.07) is 3.82. The Morgan fingerprint density at radius 3 is 2.55 bits per heavy atom. The van der Waals surface area contributed by atoms with Crippen LogP contribution in [-0.2, 0) is 9.53 Å². The molecule has 0 unspecified atom stereocenters. The number of Topliss-reactive ketones (excluding diaryl/α,β-unsaturated/α-hetero) is 1. The molecule has 1 heterocycles. The summed E-state index contributed by atoms with van der Waals surface area (Å²) in [5.74, 6) is 3.10. The van der Waals surface area contributed by atoms with Crippen LogP contribution in [0.1, 0.15) is 43.7 Å². The van der Waals surface area contributed by atoms with Crippen molar-refractivity contribution in [1.29, 1.82) is 0 Å². The number of ketones is 1. The van der Waals surface area contributed by atoms with Crippen LogP contribution in [0.5, 0.6) is 11.5 Å². The first kappa shape index (κ1) is 14.7. The minimum absolute atomic E-state index is 0.0857. The Bertz CT molecular complexity index is 677. The minimum Gasteiger partial charge on any atom is -0.497 e. The highest BCUT2D eigenvalue weighted by Crippen LogP contribution is 2.45. The van der Waals surface area contributed by atoms with Crippen molar-refractivity contribution in [3.8, 4) is 11.5 Å². The molecule has 2 aliphatic rings. The van der Waals surface area contributed by atoms with Gasteiger partial charge in [-0.15, -0.1) is 0 Å². The molecule has 0 N–H and O–H groups in total. The molecule has 0 saturated heterocycles. The number of allylic oxidation sites excluding steroid dienone is 2. The van der Waals surface area contributed by atoms with Crippen molar-refractivity contribution < 1.29 is 19.0 Å². The van der Waals surface area contributed by atoms with Gasteiger partial charge in [-0.25, -0.2) is 0 Å². The second-order valence-corrected chi connectivity index (χ2v) is 5.67. The van der Waals surface area contributed by atoms with Gasteiger partial charge in [0.1, 0.15) is 28.8 Å². The van der Waals surface area contributed by atoms with Crippen LogP contribution in [0.4, 0.5) is 0 Å².